The predicted octanol–water partition coefficient (Wildman–Crippen LogP) is 1.14. The average molecular weight is 227 g/mol. The van der Waals surface area contributed by atoms with Gasteiger partial charge in [0.2, 0.25) is 0 Å². The first-order valence-corrected chi connectivity index (χ1v) is 6.39. The molecule has 0 spiro atoms. The smallest absolute Gasteiger partial charge is 0.122 e. The summed E-state index contributed by atoms with van der Waals surface area (Å²) in [6, 6.07) is 0. The Morgan fingerprint density at radius 3 is 3.20 bits per heavy atom. The summed E-state index contributed by atoms with van der Waals surface area (Å²) in [6.45, 7) is 3.93. The Balaban J connectivity index is 2.04. The van der Waals surface area contributed by atoms with E-state index in [4.69, 9.17) is 4.74 Å². The van der Waals surface area contributed by atoms with E-state index in [-0.39, 0.29) is 0 Å². The van der Waals surface area contributed by atoms with Crippen LogP contribution in [0.25, 0.3) is 0 Å². The molecule has 1 aliphatic heterocycles. The summed E-state index contributed by atoms with van der Waals surface area (Å²) < 4.78 is 5.10. The standard InChI is InChI=1S/C10H17N3OS/c1-14-6-5-13-4-3-9-8(7-13)10(15-2)12-11-9/h3-7H2,1-2H3,(H,11,12). The summed E-state index contributed by atoms with van der Waals surface area (Å²) in [5.74, 6) is 0. The lowest BCUT2D eigenvalue weighted by molar-refractivity contribution is 0.140. The molecular weight excluding hydrogens is 210 g/mol. The second-order valence-electron chi connectivity index (χ2n) is 3.71. The van der Waals surface area contributed by atoms with Crippen molar-refractivity contribution >= 4 is 11.8 Å². The number of fused-ring (bicyclic) bond motifs is 1. The Labute approximate surface area is 94.4 Å². The highest BCUT2D eigenvalue weighted by Crippen LogP contribution is 2.25. The molecule has 1 aromatic heterocycles. The van der Waals surface area contributed by atoms with Gasteiger partial charge in [-0.25, -0.2) is 0 Å². The summed E-state index contributed by atoms with van der Waals surface area (Å²) in [7, 11) is 1.75. The molecule has 0 radical (unpaired) electrons. The van der Waals surface area contributed by atoms with Gasteiger partial charge in [-0.3, -0.25) is 10.00 Å². The van der Waals surface area contributed by atoms with Crippen molar-refractivity contribution in [2.75, 3.05) is 33.1 Å². The van der Waals surface area contributed by atoms with E-state index in [1.54, 1.807) is 18.9 Å². The molecule has 5 heteroatoms. The molecule has 0 fully saturated rings. The van der Waals surface area contributed by atoms with Crippen molar-refractivity contribution < 1.29 is 4.74 Å². The summed E-state index contributed by atoms with van der Waals surface area (Å²) in [5, 5.41) is 8.58. The van der Waals surface area contributed by atoms with E-state index < -0.39 is 0 Å². The van der Waals surface area contributed by atoms with Crippen LogP contribution in [0, 0.1) is 0 Å². The monoisotopic (exact) mass is 227 g/mol. The van der Waals surface area contributed by atoms with Crippen LogP contribution >= 0.6 is 11.8 Å². The third-order valence-electron chi connectivity index (χ3n) is 2.78. The van der Waals surface area contributed by atoms with Gasteiger partial charge >= 0.3 is 0 Å². The molecule has 2 rings (SSSR count). The number of aromatic amines is 1. The van der Waals surface area contributed by atoms with Gasteiger partial charge in [-0.2, -0.15) is 5.10 Å². The Morgan fingerprint density at radius 1 is 1.60 bits per heavy atom. The summed E-state index contributed by atoms with van der Waals surface area (Å²) in [4.78, 5) is 2.42. The maximum atomic E-state index is 5.10. The van der Waals surface area contributed by atoms with E-state index in [0.717, 1.165) is 37.7 Å². The number of ether oxygens (including phenoxy) is 1. The van der Waals surface area contributed by atoms with E-state index in [1.807, 2.05) is 0 Å². The number of hydrogen-bond donors (Lipinski definition) is 1. The van der Waals surface area contributed by atoms with Crippen LogP contribution in [0.1, 0.15) is 11.3 Å². The van der Waals surface area contributed by atoms with E-state index in [9.17, 15) is 0 Å². The van der Waals surface area contributed by atoms with Crippen LogP contribution < -0.4 is 0 Å². The van der Waals surface area contributed by atoms with Crippen molar-refractivity contribution in [2.24, 2.45) is 0 Å². The lowest BCUT2D eigenvalue weighted by atomic mass is 10.1. The predicted molar refractivity (Wildman–Crippen MR) is 61.2 cm³/mol. The van der Waals surface area contributed by atoms with Crippen LogP contribution in [0.15, 0.2) is 5.03 Å². The number of H-pyrrole nitrogens is 1. The number of hydrogen-bond acceptors (Lipinski definition) is 4. The quantitative estimate of drug-likeness (QED) is 0.783. The minimum absolute atomic E-state index is 0.807. The zero-order valence-electron chi connectivity index (χ0n) is 9.25. The molecule has 0 aromatic carbocycles. The van der Waals surface area contributed by atoms with Gasteiger partial charge < -0.3 is 4.74 Å². The van der Waals surface area contributed by atoms with E-state index in [1.165, 1.54) is 11.3 Å². The van der Waals surface area contributed by atoms with Gasteiger partial charge in [0.05, 0.1) is 6.61 Å². The molecule has 0 amide bonds. The molecule has 1 aliphatic rings. The molecule has 0 saturated heterocycles. The molecule has 1 aromatic rings. The fraction of sp³-hybridized carbons (Fsp3) is 0.700. The van der Waals surface area contributed by atoms with Gasteiger partial charge in [0.1, 0.15) is 5.03 Å². The second kappa shape index (κ2) is 5.01. The zero-order valence-corrected chi connectivity index (χ0v) is 10.1. The molecule has 2 heterocycles. The highest BCUT2D eigenvalue weighted by atomic mass is 32.2. The van der Waals surface area contributed by atoms with Gasteiger partial charge in [-0.15, -0.1) is 11.8 Å². The van der Waals surface area contributed by atoms with Gasteiger partial charge in [-0.1, -0.05) is 0 Å². The minimum atomic E-state index is 0.807. The first-order valence-electron chi connectivity index (χ1n) is 5.16. The molecule has 15 heavy (non-hydrogen) atoms. The summed E-state index contributed by atoms with van der Waals surface area (Å²) in [5.41, 5.74) is 2.69. The van der Waals surface area contributed by atoms with Crippen LogP contribution in [0.5, 0.6) is 0 Å². The van der Waals surface area contributed by atoms with Gasteiger partial charge in [-0.05, 0) is 6.26 Å². The maximum absolute atomic E-state index is 5.10. The van der Waals surface area contributed by atoms with E-state index in [0.29, 0.717) is 0 Å². The van der Waals surface area contributed by atoms with Crippen LogP contribution in [0.2, 0.25) is 0 Å². The zero-order chi connectivity index (χ0) is 10.7. The Morgan fingerprint density at radius 2 is 2.47 bits per heavy atom. The van der Waals surface area contributed by atoms with E-state index in [2.05, 4.69) is 21.4 Å². The number of nitrogens with one attached hydrogen (secondary N) is 1. The van der Waals surface area contributed by atoms with Crippen molar-refractivity contribution in [1.29, 1.82) is 0 Å². The lowest BCUT2D eigenvalue weighted by Crippen LogP contribution is -2.33. The molecule has 0 saturated carbocycles. The van der Waals surface area contributed by atoms with Crippen molar-refractivity contribution in [3.8, 4) is 0 Å². The van der Waals surface area contributed by atoms with Crippen LogP contribution in [-0.2, 0) is 17.7 Å². The first-order chi connectivity index (χ1) is 7.35. The number of nitrogens with zero attached hydrogens (tertiary/aromatic N) is 2. The van der Waals surface area contributed by atoms with Gasteiger partial charge in [0.15, 0.2) is 0 Å². The number of rotatable bonds is 4. The SMILES string of the molecule is COCCN1CCc2[nH]nc(SC)c2C1. The van der Waals surface area contributed by atoms with Crippen molar-refractivity contribution in [2.45, 2.75) is 18.0 Å². The Kier molecular flexibility index (Phi) is 3.66. The largest absolute Gasteiger partial charge is 0.383 e. The highest BCUT2D eigenvalue weighted by Gasteiger charge is 2.20. The molecule has 0 atom stereocenters. The average Bonchev–Trinajstić information content (AvgIpc) is 2.68. The van der Waals surface area contributed by atoms with Crippen LogP contribution in [-0.4, -0.2) is 48.2 Å². The molecule has 84 valence electrons. The molecule has 1 N–H and O–H groups in total. The maximum Gasteiger partial charge on any atom is 0.122 e. The fourth-order valence-electron chi connectivity index (χ4n) is 1.90. The third kappa shape index (κ3) is 2.35. The summed E-state index contributed by atoms with van der Waals surface area (Å²) in [6.07, 6.45) is 3.15. The van der Waals surface area contributed by atoms with Crippen molar-refractivity contribution in [1.82, 2.24) is 15.1 Å². The Hall–Kier alpha value is -0.520. The van der Waals surface area contributed by atoms with Gasteiger partial charge in [0.25, 0.3) is 0 Å². The van der Waals surface area contributed by atoms with E-state index >= 15 is 0 Å². The number of thioether (sulfide) groups is 1. The fourth-order valence-corrected chi connectivity index (χ4v) is 2.48. The van der Waals surface area contributed by atoms with Crippen molar-refractivity contribution in [3.05, 3.63) is 11.3 Å². The minimum Gasteiger partial charge on any atom is -0.383 e. The second-order valence-corrected chi connectivity index (χ2v) is 4.50. The molecule has 0 bridgehead atoms. The molecule has 4 nitrogen and oxygen atoms in total. The van der Waals surface area contributed by atoms with Crippen molar-refractivity contribution in [3.63, 3.8) is 0 Å². The molecule has 0 aliphatic carbocycles. The highest BCUT2D eigenvalue weighted by molar-refractivity contribution is 7.98. The lowest BCUT2D eigenvalue weighted by Gasteiger charge is -2.26. The molecule has 0 unspecified atom stereocenters. The first kappa shape index (κ1) is 11.0. The third-order valence-corrected chi connectivity index (χ3v) is 3.50. The normalized spacial score (nSPS) is 16.7. The topological polar surface area (TPSA) is 41.1 Å². The number of methoxy groups -OCH3 is 1. The van der Waals surface area contributed by atoms with Gasteiger partial charge in [0, 0.05) is 44.4 Å². The van der Waals surface area contributed by atoms with Crippen LogP contribution in [0.3, 0.4) is 0 Å². The Bertz CT molecular complexity index is 313. The summed E-state index contributed by atoms with van der Waals surface area (Å²) >= 11 is 1.72. The van der Waals surface area contributed by atoms with Crippen LogP contribution in [0.4, 0.5) is 0 Å². The number of aromatic nitrogens is 2. The molecular formula is C10H17N3OS.